The van der Waals surface area contributed by atoms with E-state index in [9.17, 15) is 14.7 Å². The Morgan fingerprint density at radius 3 is 2.87 bits per heavy atom. The fraction of sp³-hybridized carbons (Fsp3) is 0.333. The molecular formula is C18H21NO4. The fourth-order valence-corrected chi connectivity index (χ4v) is 2.16. The number of ether oxygens (including phenoxy) is 1. The Morgan fingerprint density at radius 1 is 1.35 bits per heavy atom. The van der Waals surface area contributed by atoms with E-state index in [1.807, 2.05) is 12.2 Å². The second-order valence-electron chi connectivity index (χ2n) is 5.86. The van der Waals surface area contributed by atoms with Gasteiger partial charge in [-0.05, 0) is 30.4 Å². The molecule has 2 rings (SSSR count). The minimum Gasteiger partial charge on any atom is -0.506 e. The Hall–Kier alpha value is -2.56. The summed E-state index contributed by atoms with van der Waals surface area (Å²) in [6, 6.07) is 2.99. The average molecular weight is 315 g/mol. The Labute approximate surface area is 135 Å². The van der Waals surface area contributed by atoms with E-state index in [2.05, 4.69) is 19.2 Å². The Morgan fingerprint density at radius 2 is 2.13 bits per heavy atom. The molecule has 23 heavy (non-hydrogen) atoms. The molecule has 1 aliphatic rings. The molecule has 1 aliphatic heterocycles. The third kappa shape index (κ3) is 4.98. The van der Waals surface area contributed by atoms with Crippen molar-refractivity contribution in [2.24, 2.45) is 5.92 Å². The third-order valence-electron chi connectivity index (χ3n) is 3.36. The minimum atomic E-state index is -0.331. The molecular weight excluding hydrogens is 294 g/mol. The number of hydrogen-bond donors (Lipinski definition) is 2. The van der Waals surface area contributed by atoms with Gasteiger partial charge in [0.2, 0.25) is 5.91 Å². The van der Waals surface area contributed by atoms with E-state index in [-0.39, 0.29) is 17.6 Å². The first kappa shape index (κ1) is 16.8. The molecule has 0 saturated heterocycles. The van der Waals surface area contributed by atoms with Gasteiger partial charge in [-0.3, -0.25) is 9.59 Å². The topological polar surface area (TPSA) is 75.6 Å². The van der Waals surface area contributed by atoms with Gasteiger partial charge in [0.05, 0.1) is 12.1 Å². The summed E-state index contributed by atoms with van der Waals surface area (Å²) in [5, 5.41) is 12.5. The molecule has 0 fully saturated rings. The second kappa shape index (κ2) is 7.63. The van der Waals surface area contributed by atoms with Crippen molar-refractivity contribution in [1.29, 1.82) is 0 Å². The number of rotatable bonds is 5. The molecule has 1 heterocycles. The Bertz CT molecular complexity index is 659. The molecule has 5 heteroatoms. The van der Waals surface area contributed by atoms with Crippen molar-refractivity contribution in [2.45, 2.75) is 33.1 Å². The van der Waals surface area contributed by atoms with Crippen LogP contribution in [0.1, 0.15) is 32.3 Å². The molecule has 122 valence electrons. The van der Waals surface area contributed by atoms with Crippen LogP contribution in [0.5, 0.6) is 11.5 Å². The molecule has 0 aromatic heterocycles. The van der Waals surface area contributed by atoms with Gasteiger partial charge in [-0.1, -0.05) is 32.1 Å². The van der Waals surface area contributed by atoms with Crippen molar-refractivity contribution in [3.63, 3.8) is 0 Å². The van der Waals surface area contributed by atoms with Gasteiger partial charge in [-0.25, -0.2) is 0 Å². The summed E-state index contributed by atoms with van der Waals surface area (Å²) >= 11 is 0. The van der Waals surface area contributed by atoms with Gasteiger partial charge in [-0.15, -0.1) is 0 Å². The molecule has 0 unspecified atom stereocenters. The molecule has 5 nitrogen and oxygen atoms in total. The van der Waals surface area contributed by atoms with Gasteiger partial charge in [0.1, 0.15) is 11.5 Å². The van der Waals surface area contributed by atoms with Gasteiger partial charge in [0.15, 0.2) is 0 Å². The van der Waals surface area contributed by atoms with E-state index < -0.39 is 0 Å². The maximum Gasteiger partial charge on any atom is 0.311 e. The summed E-state index contributed by atoms with van der Waals surface area (Å²) in [7, 11) is 0. The number of amides is 1. The zero-order chi connectivity index (χ0) is 16.8. The van der Waals surface area contributed by atoms with Crippen molar-refractivity contribution < 1.29 is 19.4 Å². The summed E-state index contributed by atoms with van der Waals surface area (Å²) in [6.45, 7) is 4.24. The van der Waals surface area contributed by atoms with Gasteiger partial charge in [0.25, 0.3) is 0 Å². The molecule has 0 saturated carbocycles. The lowest BCUT2D eigenvalue weighted by Crippen LogP contribution is -2.16. The lowest BCUT2D eigenvalue weighted by Gasteiger charge is -2.17. The molecule has 1 aromatic rings. The first-order chi connectivity index (χ1) is 11.0. The highest BCUT2D eigenvalue weighted by Crippen LogP contribution is 2.35. The lowest BCUT2D eigenvalue weighted by molar-refractivity contribution is -0.135. The van der Waals surface area contributed by atoms with E-state index >= 15 is 0 Å². The summed E-state index contributed by atoms with van der Waals surface area (Å²) in [5.41, 5.74) is 1.10. The fourth-order valence-electron chi connectivity index (χ4n) is 2.16. The van der Waals surface area contributed by atoms with E-state index in [1.165, 1.54) is 12.1 Å². The predicted molar refractivity (Wildman–Crippen MR) is 88.4 cm³/mol. The second-order valence-corrected chi connectivity index (χ2v) is 5.86. The Balaban J connectivity index is 2.00. The van der Waals surface area contributed by atoms with Gasteiger partial charge >= 0.3 is 5.97 Å². The first-order valence-corrected chi connectivity index (χ1v) is 7.66. The van der Waals surface area contributed by atoms with Crippen LogP contribution < -0.4 is 10.1 Å². The normalized spacial score (nSPS) is 14.3. The summed E-state index contributed by atoms with van der Waals surface area (Å²) in [4.78, 5) is 23.1. The highest BCUT2D eigenvalue weighted by Gasteiger charge is 2.19. The van der Waals surface area contributed by atoms with Gasteiger partial charge in [0, 0.05) is 12.1 Å². The molecule has 0 spiro atoms. The van der Waals surface area contributed by atoms with Crippen molar-refractivity contribution in [3.8, 4) is 11.5 Å². The molecule has 1 amide bonds. The van der Waals surface area contributed by atoms with E-state index in [4.69, 9.17) is 4.74 Å². The van der Waals surface area contributed by atoms with Crippen LogP contribution in [-0.2, 0) is 16.0 Å². The molecule has 0 aliphatic carbocycles. The maximum absolute atomic E-state index is 11.9. The van der Waals surface area contributed by atoms with Crippen LogP contribution in [-0.4, -0.2) is 17.0 Å². The summed E-state index contributed by atoms with van der Waals surface area (Å²) in [6.07, 6.45) is 8.67. The number of hydrogen-bond acceptors (Lipinski definition) is 4. The highest BCUT2D eigenvalue weighted by atomic mass is 16.5. The van der Waals surface area contributed by atoms with E-state index in [1.54, 1.807) is 12.1 Å². The number of aryl methyl sites for hydroxylation is 1. The number of carbonyl (C=O) groups is 2. The minimum absolute atomic E-state index is 0.129. The van der Waals surface area contributed by atoms with Crippen LogP contribution >= 0.6 is 0 Å². The zero-order valence-corrected chi connectivity index (χ0v) is 13.3. The maximum atomic E-state index is 11.9. The quantitative estimate of drug-likeness (QED) is 0.287. The number of allylic oxidation sites excluding steroid dienone is 3. The lowest BCUT2D eigenvalue weighted by atomic mass is 10.0. The molecule has 0 bridgehead atoms. The largest absolute Gasteiger partial charge is 0.506 e. The number of nitrogens with one attached hydrogen (secondary N) is 1. The zero-order valence-electron chi connectivity index (χ0n) is 13.3. The number of benzene rings is 1. The standard InChI is InChI=1S/C18H21NO4/c1-12(2)6-4-3-5-7-17(21)19-14-10-13-8-9-18(22)23-16(13)11-15(14)20/h3-5,7,10-12,20H,6,8-9H2,1-2H3,(H,19,21). The number of anilines is 1. The summed E-state index contributed by atoms with van der Waals surface area (Å²) in [5.74, 6) is 0.154. The van der Waals surface area contributed by atoms with E-state index in [0.717, 1.165) is 12.0 Å². The smallest absolute Gasteiger partial charge is 0.311 e. The first-order valence-electron chi connectivity index (χ1n) is 7.66. The summed E-state index contributed by atoms with van der Waals surface area (Å²) < 4.78 is 5.05. The number of esters is 1. The van der Waals surface area contributed by atoms with Crippen LogP contribution in [0.4, 0.5) is 5.69 Å². The van der Waals surface area contributed by atoms with Crippen molar-refractivity contribution in [3.05, 3.63) is 42.0 Å². The van der Waals surface area contributed by atoms with E-state index in [0.29, 0.717) is 30.2 Å². The number of phenolic OH excluding ortho intramolecular Hbond substituents is 1. The number of aromatic hydroxyl groups is 1. The number of fused-ring (bicyclic) bond motifs is 1. The van der Waals surface area contributed by atoms with Crippen LogP contribution in [0.2, 0.25) is 0 Å². The van der Waals surface area contributed by atoms with Crippen LogP contribution in [0.15, 0.2) is 36.4 Å². The molecule has 0 atom stereocenters. The van der Waals surface area contributed by atoms with Crippen molar-refractivity contribution in [2.75, 3.05) is 5.32 Å². The van der Waals surface area contributed by atoms with Crippen LogP contribution in [0, 0.1) is 5.92 Å². The Kier molecular flexibility index (Phi) is 5.57. The van der Waals surface area contributed by atoms with Crippen LogP contribution in [0.25, 0.3) is 0 Å². The van der Waals surface area contributed by atoms with Gasteiger partial charge in [-0.2, -0.15) is 0 Å². The molecule has 2 N–H and O–H groups in total. The molecule has 1 aromatic carbocycles. The molecule has 0 radical (unpaired) electrons. The highest BCUT2D eigenvalue weighted by molar-refractivity contribution is 6.00. The SMILES string of the molecule is CC(C)CC=CC=CC(=O)Nc1cc2c(cc1O)OC(=O)CC2. The number of carbonyl (C=O) groups excluding carboxylic acids is 2. The van der Waals surface area contributed by atoms with Crippen molar-refractivity contribution in [1.82, 2.24) is 0 Å². The number of phenols is 1. The average Bonchev–Trinajstić information content (AvgIpc) is 2.47. The van der Waals surface area contributed by atoms with Crippen LogP contribution in [0.3, 0.4) is 0 Å². The van der Waals surface area contributed by atoms with Gasteiger partial charge < -0.3 is 15.2 Å². The monoisotopic (exact) mass is 315 g/mol. The van der Waals surface area contributed by atoms with Crippen molar-refractivity contribution >= 4 is 17.6 Å². The third-order valence-corrected chi connectivity index (χ3v) is 3.36. The predicted octanol–water partition coefficient (Wildman–Crippen LogP) is 3.34.